The summed E-state index contributed by atoms with van der Waals surface area (Å²) in [4.78, 5) is 16.4. The third kappa shape index (κ3) is 2.09. The highest BCUT2D eigenvalue weighted by Crippen LogP contribution is 2.67. The van der Waals surface area contributed by atoms with E-state index < -0.39 is 0 Å². The molecule has 6 atom stereocenters. The average molecular weight is 339 g/mol. The molecule has 1 aromatic heterocycles. The molecule has 25 heavy (non-hydrogen) atoms. The van der Waals surface area contributed by atoms with Crippen LogP contribution in [-0.4, -0.2) is 21.0 Å². The Kier molecular flexibility index (Phi) is 3.33. The highest BCUT2D eigenvalue weighted by Gasteiger charge is 2.59. The van der Waals surface area contributed by atoms with Gasteiger partial charge in [0.1, 0.15) is 12.2 Å². The molecule has 0 spiro atoms. The van der Waals surface area contributed by atoms with Gasteiger partial charge in [-0.3, -0.25) is 9.89 Å². The summed E-state index contributed by atoms with van der Waals surface area (Å²) in [6.45, 7) is 4.99. The Balaban J connectivity index is 1.48. The molecule has 0 aromatic carbocycles. The molecule has 134 valence electrons. The number of ketones is 1. The summed E-state index contributed by atoms with van der Waals surface area (Å²) in [7, 11) is 0. The summed E-state index contributed by atoms with van der Waals surface area (Å²) in [6.07, 6.45) is 13.1. The monoisotopic (exact) mass is 339 g/mol. The van der Waals surface area contributed by atoms with Crippen molar-refractivity contribution >= 4 is 5.78 Å². The summed E-state index contributed by atoms with van der Waals surface area (Å²) in [6, 6.07) is 0. The van der Waals surface area contributed by atoms with Crippen LogP contribution in [0.2, 0.25) is 0 Å². The van der Waals surface area contributed by atoms with Crippen molar-refractivity contribution in [3.05, 3.63) is 23.8 Å². The average Bonchev–Trinajstić information content (AvgIpc) is 3.22. The minimum Gasteiger partial charge on any atom is -0.295 e. The number of allylic oxidation sites excluding steroid dienone is 1. The van der Waals surface area contributed by atoms with E-state index in [1.54, 1.807) is 6.33 Å². The van der Waals surface area contributed by atoms with Crippen LogP contribution >= 0.6 is 0 Å². The molecule has 4 heteroatoms. The van der Waals surface area contributed by atoms with Crippen molar-refractivity contribution in [2.24, 2.45) is 28.6 Å². The summed E-state index contributed by atoms with van der Waals surface area (Å²) in [5.41, 5.74) is 2.11. The Morgan fingerprint density at radius 2 is 1.96 bits per heavy atom. The van der Waals surface area contributed by atoms with Gasteiger partial charge in [-0.15, -0.1) is 0 Å². The number of aromatic nitrogens is 3. The van der Waals surface area contributed by atoms with E-state index in [4.69, 9.17) is 0 Å². The molecule has 1 unspecified atom stereocenters. The molecule has 0 bridgehead atoms. The molecule has 0 saturated heterocycles. The lowest BCUT2D eigenvalue weighted by Gasteiger charge is -2.58. The minimum absolute atomic E-state index is 0.280. The maximum Gasteiger partial charge on any atom is 0.155 e. The van der Waals surface area contributed by atoms with E-state index in [9.17, 15) is 4.79 Å². The SMILES string of the molecule is C[C@]12CCC(=O)C=C1CC[C@@H]1[C@H]2CC[C@]2(C)C(c3ncn[nH]3)CC[C@@H]12. The van der Waals surface area contributed by atoms with Crippen LogP contribution in [0.15, 0.2) is 18.0 Å². The molecule has 4 aliphatic carbocycles. The Bertz CT molecular complexity index is 724. The summed E-state index contributed by atoms with van der Waals surface area (Å²) >= 11 is 0. The number of hydrogen-bond donors (Lipinski definition) is 1. The van der Waals surface area contributed by atoms with Gasteiger partial charge in [0.15, 0.2) is 5.78 Å². The third-order valence-electron chi connectivity index (χ3n) is 8.73. The molecule has 4 aliphatic rings. The molecule has 1 heterocycles. The highest BCUT2D eigenvalue weighted by atomic mass is 16.1. The lowest BCUT2D eigenvalue weighted by atomic mass is 9.47. The molecule has 5 rings (SSSR count). The molecule has 0 amide bonds. The predicted molar refractivity (Wildman–Crippen MR) is 95.8 cm³/mol. The first-order valence-electron chi connectivity index (χ1n) is 10.1. The van der Waals surface area contributed by atoms with Crippen molar-refractivity contribution < 1.29 is 4.79 Å². The van der Waals surface area contributed by atoms with Crippen LogP contribution in [0.1, 0.15) is 77.0 Å². The van der Waals surface area contributed by atoms with Gasteiger partial charge >= 0.3 is 0 Å². The van der Waals surface area contributed by atoms with Crippen LogP contribution < -0.4 is 0 Å². The molecule has 3 fully saturated rings. The van der Waals surface area contributed by atoms with Gasteiger partial charge in [0.25, 0.3) is 0 Å². The first kappa shape index (κ1) is 15.8. The largest absolute Gasteiger partial charge is 0.295 e. The molecular formula is C21H29N3O. The van der Waals surface area contributed by atoms with E-state index >= 15 is 0 Å². The Morgan fingerprint density at radius 1 is 1.08 bits per heavy atom. The zero-order valence-electron chi connectivity index (χ0n) is 15.4. The van der Waals surface area contributed by atoms with Crippen molar-refractivity contribution in [3.63, 3.8) is 0 Å². The van der Waals surface area contributed by atoms with Gasteiger partial charge in [0, 0.05) is 12.3 Å². The predicted octanol–water partition coefficient (Wildman–Crippen LogP) is 4.42. The lowest BCUT2D eigenvalue weighted by molar-refractivity contribution is -0.117. The van der Waals surface area contributed by atoms with Crippen LogP contribution in [0.25, 0.3) is 0 Å². The van der Waals surface area contributed by atoms with Crippen molar-refractivity contribution in [2.75, 3.05) is 0 Å². The number of carbonyl (C=O) groups is 1. The molecule has 0 radical (unpaired) electrons. The minimum atomic E-state index is 0.280. The second kappa shape index (κ2) is 5.28. The van der Waals surface area contributed by atoms with Gasteiger partial charge in [-0.25, -0.2) is 4.98 Å². The molecule has 3 saturated carbocycles. The standard InChI is InChI=1S/C21H29N3O/c1-20-9-7-14(25)11-13(20)3-4-15-16-5-6-18(19-22-12-23-24-19)21(16,2)10-8-17(15)20/h11-12,15-18H,3-10H2,1-2H3,(H,22,23,24)/t15-,16-,17+,18?,20-,21-/m0/s1. The van der Waals surface area contributed by atoms with E-state index in [0.29, 0.717) is 17.1 Å². The smallest absolute Gasteiger partial charge is 0.155 e. The molecular weight excluding hydrogens is 310 g/mol. The molecule has 1 aromatic rings. The zero-order chi connectivity index (χ0) is 17.2. The second-order valence-corrected chi connectivity index (χ2v) is 9.51. The Hall–Kier alpha value is -1.45. The third-order valence-corrected chi connectivity index (χ3v) is 8.73. The number of aromatic amines is 1. The highest BCUT2D eigenvalue weighted by molar-refractivity contribution is 5.91. The molecule has 0 aliphatic heterocycles. The number of rotatable bonds is 1. The second-order valence-electron chi connectivity index (χ2n) is 9.51. The maximum atomic E-state index is 11.9. The van der Waals surface area contributed by atoms with E-state index in [2.05, 4.69) is 29.0 Å². The van der Waals surface area contributed by atoms with Crippen molar-refractivity contribution in [2.45, 2.75) is 71.1 Å². The van der Waals surface area contributed by atoms with Gasteiger partial charge in [0.05, 0.1) is 0 Å². The normalized spacial score (nSPS) is 46.2. The van der Waals surface area contributed by atoms with E-state index in [1.807, 2.05) is 6.08 Å². The van der Waals surface area contributed by atoms with Crippen molar-refractivity contribution in [3.8, 4) is 0 Å². The molecule has 4 nitrogen and oxygen atoms in total. The number of hydrogen-bond acceptors (Lipinski definition) is 3. The fourth-order valence-corrected chi connectivity index (χ4v) is 7.39. The summed E-state index contributed by atoms with van der Waals surface area (Å²) < 4.78 is 0. The maximum absolute atomic E-state index is 11.9. The van der Waals surface area contributed by atoms with Crippen LogP contribution in [0.3, 0.4) is 0 Å². The fraction of sp³-hybridized carbons (Fsp3) is 0.762. The number of nitrogens with one attached hydrogen (secondary N) is 1. The fourth-order valence-electron chi connectivity index (χ4n) is 7.39. The van der Waals surface area contributed by atoms with Gasteiger partial charge in [0.2, 0.25) is 0 Å². The van der Waals surface area contributed by atoms with E-state index in [-0.39, 0.29) is 5.41 Å². The quantitative estimate of drug-likeness (QED) is 0.824. The molecule has 1 N–H and O–H groups in total. The van der Waals surface area contributed by atoms with Gasteiger partial charge in [-0.05, 0) is 79.6 Å². The number of fused-ring (bicyclic) bond motifs is 5. The Morgan fingerprint density at radius 3 is 2.76 bits per heavy atom. The van der Waals surface area contributed by atoms with Crippen LogP contribution in [0.5, 0.6) is 0 Å². The topological polar surface area (TPSA) is 58.6 Å². The number of carbonyl (C=O) groups excluding carboxylic acids is 1. The van der Waals surface area contributed by atoms with Gasteiger partial charge < -0.3 is 0 Å². The van der Waals surface area contributed by atoms with Crippen LogP contribution in [0.4, 0.5) is 0 Å². The first-order valence-corrected chi connectivity index (χ1v) is 10.1. The number of nitrogens with zero attached hydrogens (tertiary/aromatic N) is 2. The first-order chi connectivity index (χ1) is 12.0. The Labute approximate surface area is 149 Å². The van der Waals surface area contributed by atoms with E-state index in [0.717, 1.165) is 42.8 Å². The number of H-pyrrole nitrogens is 1. The van der Waals surface area contributed by atoms with Crippen molar-refractivity contribution in [1.29, 1.82) is 0 Å². The van der Waals surface area contributed by atoms with Gasteiger partial charge in [-0.2, -0.15) is 5.10 Å². The van der Waals surface area contributed by atoms with Gasteiger partial charge in [-0.1, -0.05) is 19.4 Å². The van der Waals surface area contributed by atoms with E-state index in [1.165, 1.54) is 37.7 Å². The summed E-state index contributed by atoms with van der Waals surface area (Å²) in [5, 5.41) is 7.27. The van der Waals surface area contributed by atoms with Crippen LogP contribution in [0, 0.1) is 28.6 Å². The van der Waals surface area contributed by atoms with Crippen molar-refractivity contribution in [1.82, 2.24) is 15.2 Å². The summed E-state index contributed by atoms with van der Waals surface area (Å²) in [5.74, 6) is 4.40. The van der Waals surface area contributed by atoms with Crippen LogP contribution in [-0.2, 0) is 4.79 Å². The zero-order valence-corrected chi connectivity index (χ0v) is 15.4. The lowest BCUT2D eigenvalue weighted by Crippen LogP contribution is -2.50.